The van der Waals surface area contributed by atoms with Gasteiger partial charge in [0.05, 0.1) is 12.3 Å². The first-order valence-corrected chi connectivity index (χ1v) is 7.00. The summed E-state index contributed by atoms with van der Waals surface area (Å²) in [5.74, 6) is -1.20. The molecule has 0 N–H and O–H groups in total. The molecule has 0 aromatic carbocycles. The van der Waals surface area contributed by atoms with Crippen molar-refractivity contribution in [3.8, 4) is 0 Å². The molecule has 0 aromatic heterocycles. The minimum Gasteiger partial charge on any atom is -0.457 e. The maximum absolute atomic E-state index is 12.2. The van der Waals surface area contributed by atoms with E-state index >= 15 is 0 Å². The topological polar surface area (TPSA) is 60.4 Å². The molecule has 0 amide bonds. The lowest BCUT2D eigenvalue weighted by atomic mass is 9.72. The molecule has 1 atom stereocenters. The molecule has 0 fully saturated rings. The van der Waals surface area contributed by atoms with Crippen LogP contribution >= 0.6 is 0 Å². The molecule has 0 saturated heterocycles. The second kappa shape index (κ2) is 7.00. The van der Waals surface area contributed by atoms with E-state index in [0.717, 1.165) is 0 Å². The lowest BCUT2D eigenvalue weighted by Crippen LogP contribution is -2.34. The highest BCUT2D eigenvalue weighted by atomic mass is 16.5. The Morgan fingerprint density at radius 1 is 1.00 bits per heavy atom. The van der Waals surface area contributed by atoms with Gasteiger partial charge in [0.25, 0.3) is 0 Å². The van der Waals surface area contributed by atoms with Crippen molar-refractivity contribution in [1.29, 1.82) is 0 Å². The quantitative estimate of drug-likeness (QED) is 0.555. The summed E-state index contributed by atoms with van der Waals surface area (Å²) in [6.45, 7) is 13.2. The van der Waals surface area contributed by atoms with Crippen LogP contribution in [0.15, 0.2) is 0 Å². The van der Waals surface area contributed by atoms with Gasteiger partial charge in [-0.25, -0.2) is 0 Å². The molecule has 0 aliphatic carbocycles. The fourth-order valence-electron chi connectivity index (χ4n) is 1.94. The molecule has 0 spiro atoms. The van der Waals surface area contributed by atoms with Crippen molar-refractivity contribution in [2.24, 2.45) is 16.7 Å². The summed E-state index contributed by atoms with van der Waals surface area (Å²) >= 11 is 0. The van der Waals surface area contributed by atoms with Crippen LogP contribution in [0.25, 0.3) is 0 Å². The standard InChI is InChI=1S/C16H28O4/c1-11(17)8-12(18)10-20-14(19)13(16(5,6)7)9-15(2,3)4/h13H,8-10H2,1-7H3. The van der Waals surface area contributed by atoms with Crippen molar-refractivity contribution in [3.63, 3.8) is 0 Å². The Hall–Kier alpha value is -1.19. The Labute approximate surface area is 122 Å². The lowest BCUT2D eigenvalue weighted by molar-refractivity contribution is -0.157. The van der Waals surface area contributed by atoms with E-state index < -0.39 is 0 Å². The van der Waals surface area contributed by atoms with Gasteiger partial charge in [0.15, 0.2) is 5.78 Å². The molecule has 20 heavy (non-hydrogen) atoms. The SMILES string of the molecule is CC(=O)CC(=O)COC(=O)C(CC(C)(C)C)C(C)(C)C. The molecule has 0 aliphatic heterocycles. The van der Waals surface area contributed by atoms with Gasteiger partial charge in [-0.2, -0.15) is 0 Å². The Bertz CT molecular complexity index is 369. The Morgan fingerprint density at radius 3 is 1.85 bits per heavy atom. The molecule has 0 radical (unpaired) electrons. The fraction of sp³-hybridized carbons (Fsp3) is 0.812. The first kappa shape index (κ1) is 18.8. The zero-order chi connectivity index (χ0) is 16.1. The smallest absolute Gasteiger partial charge is 0.309 e. The molecule has 0 aliphatic rings. The van der Waals surface area contributed by atoms with Crippen LogP contribution in [0, 0.1) is 16.7 Å². The summed E-state index contributed by atoms with van der Waals surface area (Å²) < 4.78 is 5.10. The van der Waals surface area contributed by atoms with Gasteiger partial charge >= 0.3 is 5.97 Å². The predicted molar refractivity (Wildman–Crippen MR) is 78.3 cm³/mol. The van der Waals surface area contributed by atoms with E-state index in [1.807, 2.05) is 20.8 Å². The third-order valence-corrected chi connectivity index (χ3v) is 2.97. The van der Waals surface area contributed by atoms with Crippen LogP contribution in [0.2, 0.25) is 0 Å². The molecule has 0 rings (SSSR count). The zero-order valence-electron chi connectivity index (χ0n) is 13.8. The van der Waals surface area contributed by atoms with E-state index in [0.29, 0.717) is 6.42 Å². The van der Waals surface area contributed by atoms with Crippen molar-refractivity contribution in [1.82, 2.24) is 0 Å². The average Bonchev–Trinajstić information content (AvgIpc) is 2.19. The number of hydrogen-bond donors (Lipinski definition) is 0. The largest absolute Gasteiger partial charge is 0.457 e. The second-order valence-electron chi connectivity index (χ2n) is 7.71. The number of ketones is 2. The van der Waals surface area contributed by atoms with Crippen molar-refractivity contribution in [3.05, 3.63) is 0 Å². The number of carbonyl (C=O) groups excluding carboxylic acids is 3. The van der Waals surface area contributed by atoms with Crippen LogP contribution in [-0.2, 0) is 19.1 Å². The maximum Gasteiger partial charge on any atom is 0.309 e. The van der Waals surface area contributed by atoms with Gasteiger partial charge in [0.2, 0.25) is 0 Å². The van der Waals surface area contributed by atoms with E-state index in [2.05, 4.69) is 20.8 Å². The first-order valence-electron chi connectivity index (χ1n) is 7.00. The van der Waals surface area contributed by atoms with E-state index in [4.69, 9.17) is 4.74 Å². The minimum absolute atomic E-state index is 0.000357. The number of hydrogen-bond acceptors (Lipinski definition) is 4. The molecule has 116 valence electrons. The summed E-state index contributed by atoms with van der Waals surface area (Å²) in [5.41, 5.74) is -0.228. The summed E-state index contributed by atoms with van der Waals surface area (Å²) in [6, 6.07) is 0. The molecule has 0 aromatic rings. The van der Waals surface area contributed by atoms with Crippen molar-refractivity contribution in [2.45, 2.75) is 61.3 Å². The molecular weight excluding hydrogens is 256 g/mol. The maximum atomic E-state index is 12.2. The summed E-state index contributed by atoms with van der Waals surface area (Å²) in [4.78, 5) is 34.4. The second-order valence-corrected chi connectivity index (χ2v) is 7.71. The predicted octanol–water partition coefficient (Wildman–Crippen LogP) is 3.18. The zero-order valence-corrected chi connectivity index (χ0v) is 13.8. The van der Waals surface area contributed by atoms with Gasteiger partial charge in [-0.3, -0.25) is 14.4 Å². The third kappa shape index (κ3) is 8.08. The molecule has 0 saturated carbocycles. The molecule has 0 heterocycles. The van der Waals surface area contributed by atoms with Gasteiger partial charge in [-0.15, -0.1) is 0 Å². The fourth-order valence-corrected chi connectivity index (χ4v) is 1.94. The first-order chi connectivity index (χ1) is 8.83. The Morgan fingerprint density at radius 2 is 1.50 bits per heavy atom. The average molecular weight is 284 g/mol. The number of carbonyl (C=O) groups is 3. The highest BCUT2D eigenvalue weighted by Crippen LogP contribution is 2.36. The highest BCUT2D eigenvalue weighted by molar-refractivity contribution is 5.99. The Kier molecular flexibility index (Phi) is 6.59. The number of rotatable bonds is 6. The van der Waals surface area contributed by atoms with Gasteiger partial charge < -0.3 is 4.74 Å². The van der Waals surface area contributed by atoms with Crippen LogP contribution in [0.3, 0.4) is 0 Å². The van der Waals surface area contributed by atoms with Crippen LogP contribution in [0.4, 0.5) is 0 Å². The number of esters is 1. The Balaban J connectivity index is 4.66. The highest BCUT2D eigenvalue weighted by Gasteiger charge is 2.36. The number of Topliss-reactive ketones (excluding diaryl/α,β-unsaturated/α-hetero) is 2. The van der Waals surface area contributed by atoms with Crippen molar-refractivity contribution < 1.29 is 19.1 Å². The molecule has 0 bridgehead atoms. The monoisotopic (exact) mass is 284 g/mol. The normalized spacial score (nSPS) is 13.8. The van der Waals surface area contributed by atoms with Gasteiger partial charge in [0, 0.05) is 0 Å². The van der Waals surface area contributed by atoms with Crippen molar-refractivity contribution in [2.75, 3.05) is 6.61 Å². The molecular formula is C16H28O4. The number of ether oxygens (including phenoxy) is 1. The van der Waals surface area contributed by atoms with Crippen molar-refractivity contribution >= 4 is 17.5 Å². The third-order valence-electron chi connectivity index (χ3n) is 2.97. The van der Waals surface area contributed by atoms with Crippen LogP contribution in [0.5, 0.6) is 0 Å². The van der Waals surface area contributed by atoms with E-state index in [1.54, 1.807) is 0 Å². The van der Waals surface area contributed by atoms with Crippen LogP contribution < -0.4 is 0 Å². The van der Waals surface area contributed by atoms with Crippen LogP contribution in [0.1, 0.15) is 61.3 Å². The van der Waals surface area contributed by atoms with E-state index in [9.17, 15) is 14.4 Å². The molecule has 1 unspecified atom stereocenters. The summed E-state index contributed by atoms with van der Waals surface area (Å²) in [6.07, 6.45) is 0.517. The van der Waals surface area contributed by atoms with Gasteiger partial charge in [0.1, 0.15) is 12.4 Å². The lowest BCUT2D eigenvalue weighted by Gasteiger charge is -2.33. The van der Waals surface area contributed by atoms with E-state index in [-0.39, 0.29) is 47.3 Å². The van der Waals surface area contributed by atoms with Gasteiger partial charge in [-0.1, -0.05) is 41.5 Å². The van der Waals surface area contributed by atoms with Crippen LogP contribution in [-0.4, -0.2) is 24.1 Å². The molecule has 4 heteroatoms. The minimum atomic E-state index is -0.357. The van der Waals surface area contributed by atoms with E-state index in [1.165, 1.54) is 6.92 Å². The molecule has 4 nitrogen and oxygen atoms in total. The summed E-state index contributed by atoms with van der Waals surface area (Å²) in [5, 5.41) is 0. The van der Waals surface area contributed by atoms with Gasteiger partial charge in [-0.05, 0) is 24.2 Å². The summed E-state index contributed by atoms with van der Waals surface area (Å²) in [7, 11) is 0.